The second-order valence-corrected chi connectivity index (χ2v) is 7.15. The Balaban J connectivity index is 1.62. The first-order valence-corrected chi connectivity index (χ1v) is 9.79. The highest BCUT2D eigenvalue weighted by molar-refractivity contribution is 5.78. The summed E-state index contributed by atoms with van der Waals surface area (Å²) in [6, 6.07) is 12.2. The minimum Gasteiger partial charge on any atom is -0.496 e. The number of aryl methyl sites for hydroxylation is 2. The zero-order valence-corrected chi connectivity index (χ0v) is 16.5. The van der Waals surface area contributed by atoms with Crippen LogP contribution < -0.4 is 14.8 Å². The van der Waals surface area contributed by atoms with E-state index < -0.39 is 0 Å². The topological polar surface area (TPSA) is 47.6 Å². The minimum absolute atomic E-state index is 0.0320. The van der Waals surface area contributed by atoms with E-state index >= 15 is 0 Å². The van der Waals surface area contributed by atoms with Crippen molar-refractivity contribution in [3.8, 4) is 11.5 Å². The Bertz CT molecular complexity index is 800. The summed E-state index contributed by atoms with van der Waals surface area (Å²) in [6.45, 7) is 4.12. The van der Waals surface area contributed by atoms with Crippen LogP contribution in [0.4, 0.5) is 0 Å². The van der Waals surface area contributed by atoms with Crippen LogP contribution in [-0.2, 0) is 17.6 Å². The van der Waals surface area contributed by atoms with E-state index in [-0.39, 0.29) is 18.6 Å². The highest BCUT2D eigenvalue weighted by Crippen LogP contribution is 2.29. The van der Waals surface area contributed by atoms with Crippen molar-refractivity contribution >= 4 is 5.91 Å². The number of hydrogen-bond donors (Lipinski definition) is 1. The maximum Gasteiger partial charge on any atom is 0.258 e. The van der Waals surface area contributed by atoms with Crippen LogP contribution in [0.25, 0.3) is 0 Å². The number of benzene rings is 2. The molecule has 0 fully saturated rings. The fourth-order valence-corrected chi connectivity index (χ4v) is 3.80. The molecule has 0 saturated carbocycles. The summed E-state index contributed by atoms with van der Waals surface area (Å²) in [5.74, 6) is 1.62. The third-order valence-corrected chi connectivity index (χ3v) is 5.28. The molecule has 1 aliphatic carbocycles. The molecule has 1 atom stereocenters. The zero-order valence-electron chi connectivity index (χ0n) is 16.5. The maximum absolute atomic E-state index is 12.5. The Labute approximate surface area is 161 Å². The number of hydrogen-bond acceptors (Lipinski definition) is 3. The molecule has 0 aromatic heterocycles. The van der Waals surface area contributed by atoms with E-state index in [0.29, 0.717) is 0 Å². The lowest BCUT2D eigenvalue weighted by Gasteiger charge is -2.21. The molecule has 2 aromatic carbocycles. The van der Waals surface area contributed by atoms with Crippen LogP contribution in [-0.4, -0.2) is 19.6 Å². The summed E-state index contributed by atoms with van der Waals surface area (Å²) in [4.78, 5) is 12.5. The number of carbonyl (C=O) groups excluding carboxylic acids is 1. The van der Waals surface area contributed by atoms with Gasteiger partial charge in [-0.3, -0.25) is 4.79 Å². The number of amides is 1. The second-order valence-electron chi connectivity index (χ2n) is 7.15. The van der Waals surface area contributed by atoms with Gasteiger partial charge in [0.25, 0.3) is 5.91 Å². The highest BCUT2D eigenvalue weighted by Gasteiger charge is 2.17. The Hall–Kier alpha value is -2.49. The lowest BCUT2D eigenvalue weighted by Crippen LogP contribution is -2.32. The summed E-state index contributed by atoms with van der Waals surface area (Å²) in [5.41, 5.74) is 4.78. The average Bonchev–Trinajstić information content (AvgIpc) is 2.70. The number of rotatable bonds is 7. The van der Waals surface area contributed by atoms with Crippen molar-refractivity contribution in [1.82, 2.24) is 5.32 Å². The molecule has 0 bridgehead atoms. The van der Waals surface area contributed by atoms with Gasteiger partial charge in [0.2, 0.25) is 0 Å². The van der Waals surface area contributed by atoms with Crippen LogP contribution in [0.3, 0.4) is 0 Å². The van der Waals surface area contributed by atoms with Crippen molar-refractivity contribution in [2.75, 3.05) is 13.7 Å². The molecule has 1 unspecified atom stereocenters. The molecule has 144 valence electrons. The number of carbonyl (C=O) groups is 1. The van der Waals surface area contributed by atoms with Crippen molar-refractivity contribution in [2.45, 2.75) is 52.0 Å². The number of methoxy groups -OCH3 is 1. The zero-order chi connectivity index (χ0) is 19.2. The quantitative estimate of drug-likeness (QED) is 0.782. The van der Waals surface area contributed by atoms with Crippen molar-refractivity contribution in [1.29, 1.82) is 0 Å². The van der Waals surface area contributed by atoms with Gasteiger partial charge in [0, 0.05) is 0 Å². The van der Waals surface area contributed by atoms with Gasteiger partial charge in [0.15, 0.2) is 6.61 Å². The first-order chi connectivity index (χ1) is 13.1. The summed E-state index contributed by atoms with van der Waals surface area (Å²) in [7, 11) is 1.67. The standard InChI is InChI=1S/C23H29NO3/c1-4-20(18-12-13-21(26-3)16(2)14-18)24-23(25)15-27-22-11-7-9-17-8-5-6-10-19(17)22/h7,9,11-14,20H,4-6,8,10,15H2,1-3H3,(H,24,25). The molecule has 1 amide bonds. The minimum atomic E-state index is -0.0938. The Kier molecular flexibility index (Phi) is 6.38. The molecule has 0 heterocycles. The van der Waals surface area contributed by atoms with Gasteiger partial charge in [-0.2, -0.15) is 0 Å². The van der Waals surface area contributed by atoms with Gasteiger partial charge in [0.05, 0.1) is 13.2 Å². The Morgan fingerprint density at radius 1 is 1.15 bits per heavy atom. The van der Waals surface area contributed by atoms with Gasteiger partial charge in [0.1, 0.15) is 11.5 Å². The van der Waals surface area contributed by atoms with E-state index in [9.17, 15) is 4.79 Å². The van der Waals surface area contributed by atoms with Gasteiger partial charge < -0.3 is 14.8 Å². The van der Waals surface area contributed by atoms with E-state index in [1.54, 1.807) is 7.11 Å². The monoisotopic (exact) mass is 367 g/mol. The van der Waals surface area contributed by atoms with Crippen LogP contribution in [0.1, 0.15) is 54.5 Å². The molecule has 27 heavy (non-hydrogen) atoms. The molecule has 0 aliphatic heterocycles. The predicted octanol–water partition coefficient (Wildman–Crippen LogP) is 4.53. The van der Waals surface area contributed by atoms with Crippen molar-refractivity contribution < 1.29 is 14.3 Å². The van der Waals surface area contributed by atoms with Gasteiger partial charge in [-0.1, -0.05) is 31.2 Å². The molecule has 0 spiro atoms. The van der Waals surface area contributed by atoms with Crippen LogP contribution in [0, 0.1) is 6.92 Å². The third-order valence-electron chi connectivity index (χ3n) is 5.28. The maximum atomic E-state index is 12.5. The van der Waals surface area contributed by atoms with Crippen LogP contribution in [0.2, 0.25) is 0 Å². The number of ether oxygens (including phenoxy) is 2. The highest BCUT2D eigenvalue weighted by atomic mass is 16.5. The van der Waals surface area contributed by atoms with E-state index in [0.717, 1.165) is 41.9 Å². The average molecular weight is 367 g/mol. The van der Waals surface area contributed by atoms with Crippen LogP contribution >= 0.6 is 0 Å². The van der Waals surface area contributed by atoms with E-state index in [1.165, 1.54) is 24.0 Å². The van der Waals surface area contributed by atoms with Gasteiger partial charge in [-0.05, 0) is 73.4 Å². The molecular formula is C23H29NO3. The van der Waals surface area contributed by atoms with E-state index in [1.807, 2.05) is 31.2 Å². The Morgan fingerprint density at radius 2 is 1.96 bits per heavy atom. The first kappa shape index (κ1) is 19.3. The molecular weight excluding hydrogens is 338 g/mol. The summed E-state index contributed by atoms with van der Waals surface area (Å²) < 4.78 is 11.2. The smallest absolute Gasteiger partial charge is 0.258 e. The molecule has 4 heteroatoms. The largest absolute Gasteiger partial charge is 0.496 e. The molecule has 2 aromatic rings. The molecule has 0 saturated heterocycles. The molecule has 1 aliphatic rings. The predicted molar refractivity (Wildman–Crippen MR) is 107 cm³/mol. The van der Waals surface area contributed by atoms with E-state index in [2.05, 4.69) is 24.4 Å². The number of fused-ring (bicyclic) bond motifs is 1. The molecule has 0 radical (unpaired) electrons. The van der Waals surface area contributed by atoms with Crippen molar-refractivity contribution in [2.24, 2.45) is 0 Å². The third kappa shape index (κ3) is 4.62. The summed E-state index contributed by atoms with van der Waals surface area (Å²) in [6.07, 6.45) is 5.38. The van der Waals surface area contributed by atoms with Gasteiger partial charge in [-0.25, -0.2) is 0 Å². The van der Waals surface area contributed by atoms with Crippen LogP contribution in [0.15, 0.2) is 36.4 Å². The molecule has 1 N–H and O–H groups in total. The lowest BCUT2D eigenvalue weighted by atomic mass is 9.91. The van der Waals surface area contributed by atoms with E-state index in [4.69, 9.17) is 9.47 Å². The van der Waals surface area contributed by atoms with Crippen LogP contribution in [0.5, 0.6) is 11.5 Å². The number of nitrogens with one attached hydrogen (secondary N) is 1. The summed E-state index contributed by atoms with van der Waals surface area (Å²) in [5, 5.41) is 3.09. The second kappa shape index (κ2) is 8.94. The SMILES string of the molecule is CCC(NC(=O)COc1cccc2c1CCCC2)c1ccc(OC)c(C)c1. The molecule has 4 nitrogen and oxygen atoms in total. The van der Waals surface area contributed by atoms with Gasteiger partial charge >= 0.3 is 0 Å². The fraction of sp³-hybridized carbons (Fsp3) is 0.435. The summed E-state index contributed by atoms with van der Waals surface area (Å²) >= 11 is 0. The van der Waals surface area contributed by atoms with Gasteiger partial charge in [-0.15, -0.1) is 0 Å². The lowest BCUT2D eigenvalue weighted by molar-refractivity contribution is -0.123. The Morgan fingerprint density at radius 3 is 2.70 bits per heavy atom. The normalized spacial score (nSPS) is 14.2. The fourth-order valence-electron chi connectivity index (χ4n) is 3.80. The van der Waals surface area contributed by atoms with Crippen molar-refractivity contribution in [3.63, 3.8) is 0 Å². The first-order valence-electron chi connectivity index (χ1n) is 9.79. The van der Waals surface area contributed by atoms with Crippen molar-refractivity contribution in [3.05, 3.63) is 58.7 Å². The molecule has 3 rings (SSSR count).